The number of rotatable bonds is 8. The Labute approximate surface area is 101 Å². The molecule has 0 radical (unpaired) electrons. The Balaban J connectivity index is 1.92. The third kappa shape index (κ3) is 6.46. The fraction of sp³-hybridized carbons (Fsp3) is 1.00. The summed E-state index contributed by atoms with van der Waals surface area (Å²) in [6, 6.07) is 0. The minimum absolute atomic E-state index is 1.17. The van der Waals surface area contributed by atoms with E-state index in [0.717, 1.165) is 0 Å². The average Bonchev–Trinajstić information content (AvgIpc) is 2.31. The van der Waals surface area contributed by atoms with Crippen LogP contribution in [0.15, 0.2) is 0 Å². The van der Waals surface area contributed by atoms with Crippen molar-refractivity contribution in [3.63, 3.8) is 0 Å². The second kappa shape index (κ2) is 8.97. The summed E-state index contributed by atoms with van der Waals surface area (Å²) in [4.78, 5) is 5.06. The number of nitrogens with zero attached hydrogens (tertiary/aromatic N) is 2. The van der Waals surface area contributed by atoms with Gasteiger partial charge in [-0.25, -0.2) is 0 Å². The number of hydrogen-bond donors (Lipinski definition) is 1. The van der Waals surface area contributed by atoms with Gasteiger partial charge in [-0.1, -0.05) is 19.8 Å². The zero-order valence-corrected chi connectivity index (χ0v) is 11.2. The molecule has 0 atom stereocenters. The predicted octanol–water partition coefficient (Wildman–Crippen LogP) is 1.40. The van der Waals surface area contributed by atoms with Gasteiger partial charge in [0.05, 0.1) is 0 Å². The predicted molar refractivity (Wildman–Crippen MR) is 70.9 cm³/mol. The van der Waals surface area contributed by atoms with Crippen molar-refractivity contribution in [2.24, 2.45) is 0 Å². The van der Waals surface area contributed by atoms with Crippen LogP contribution in [0.3, 0.4) is 0 Å². The summed E-state index contributed by atoms with van der Waals surface area (Å²) in [6.07, 6.45) is 5.39. The van der Waals surface area contributed by atoms with Crippen LogP contribution in [-0.2, 0) is 0 Å². The van der Waals surface area contributed by atoms with Crippen LogP contribution < -0.4 is 5.32 Å². The maximum absolute atomic E-state index is 3.40. The number of hydrogen-bond acceptors (Lipinski definition) is 3. The molecule has 1 saturated heterocycles. The molecular weight excluding hydrogens is 198 g/mol. The van der Waals surface area contributed by atoms with Gasteiger partial charge in [0.1, 0.15) is 0 Å². The minimum Gasteiger partial charge on any atom is -0.314 e. The van der Waals surface area contributed by atoms with Gasteiger partial charge >= 0.3 is 0 Å². The van der Waals surface area contributed by atoms with Gasteiger partial charge in [-0.05, 0) is 39.5 Å². The fourth-order valence-electron chi connectivity index (χ4n) is 2.24. The highest BCUT2D eigenvalue weighted by Crippen LogP contribution is 1.99. The average molecular weight is 227 g/mol. The maximum Gasteiger partial charge on any atom is 0.0107 e. The maximum atomic E-state index is 3.40. The van der Waals surface area contributed by atoms with Crippen molar-refractivity contribution in [3.8, 4) is 0 Å². The number of piperazine rings is 1. The van der Waals surface area contributed by atoms with Crippen LogP contribution in [0.4, 0.5) is 0 Å². The van der Waals surface area contributed by atoms with Crippen molar-refractivity contribution in [2.75, 3.05) is 52.9 Å². The first-order valence-corrected chi connectivity index (χ1v) is 6.94. The lowest BCUT2D eigenvalue weighted by Gasteiger charge is -2.27. The number of unbranched alkanes of at least 4 members (excludes halogenated alkanes) is 2. The summed E-state index contributed by atoms with van der Waals surface area (Å²) in [5.41, 5.74) is 0. The van der Waals surface area contributed by atoms with Gasteiger partial charge in [-0.2, -0.15) is 0 Å². The molecule has 0 bridgehead atoms. The highest BCUT2D eigenvalue weighted by atomic mass is 15.2. The molecule has 0 aromatic rings. The van der Waals surface area contributed by atoms with E-state index < -0.39 is 0 Å². The molecule has 1 aliphatic heterocycles. The topological polar surface area (TPSA) is 18.5 Å². The van der Waals surface area contributed by atoms with E-state index in [2.05, 4.69) is 29.1 Å². The lowest BCUT2D eigenvalue weighted by atomic mass is 10.2. The number of nitrogens with one attached hydrogen (secondary N) is 1. The van der Waals surface area contributed by atoms with Gasteiger partial charge in [0.25, 0.3) is 0 Å². The zero-order valence-electron chi connectivity index (χ0n) is 11.2. The normalized spacial score (nSPS) is 18.2. The van der Waals surface area contributed by atoms with Crippen LogP contribution >= 0.6 is 0 Å². The van der Waals surface area contributed by atoms with Gasteiger partial charge in [-0.15, -0.1) is 0 Å². The quantitative estimate of drug-likeness (QED) is 0.633. The van der Waals surface area contributed by atoms with Crippen molar-refractivity contribution >= 4 is 0 Å². The summed E-state index contributed by atoms with van der Waals surface area (Å²) in [5, 5.41) is 3.40. The third-order valence-corrected chi connectivity index (χ3v) is 3.37. The Kier molecular flexibility index (Phi) is 7.81. The standard InChI is InChI=1S/C13H29N3/c1-3-4-5-9-15(2)10-6-11-16-12-7-14-8-13-16/h14H,3-13H2,1-2H3. The van der Waals surface area contributed by atoms with E-state index >= 15 is 0 Å². The summed E-state index contributed by atoms with van der Waals surface area (Å²) in [7, 11) is 2.26. The van der Waals surface area contributed by atoms with Gasteiger partial charge in [0.2, 0.25) is 0 Å². The van der Waals surface area contributed by atoms with Crippen molar-refractivity contribution in [1.82, 2.24) is 15.1 Å². The molecule has 0 aromatic heterocycles. The molecule has 0 spiro atoms. The zero-order chi connectivity index (χ0) is 11.6. The molecule has 1 N–H and O–H groups in total. The van der Waals surface area contributed by atoms with Crippen LogP contribution in [0.25, 0.3) is 0 Å². The van der Waals surface area contributed by atoms with E-state index in [1.807, 2.05) is 0 Å². The van der Waals surface area contributed by atoms with Gasteiger partial charge in [-0.3, -0.25) is 0 Å². The molecular formula is C13H29N3. The molecule has 0 saturated carbocycles. The molecule has 96 valence electrons. The first-order chi connectivity index (χ1) is 7.83. The van der Waals surface area contributed by atoms with E-state index in [1.54, 1.807) is 0 Å². The van der Waals surface area contributed by atoms with E-state index in [1.165, 1.54) is 71.5 Å². The molecule has 1 heterocycles. The van der Waals surface area contributed by atoms with E-state index in [0.29, 0.717) is 0 Å². The Morgan fingerprint density at radius 3 is 2.44 bits per heavy atom. The third-order valence-electron chi connectivity index (χ3n) is 3.37. The fourth-order valence-corrected chi connectivity index (χ4v) is 2.24. The smallest absolute Gasteiger partial charge is 0.0107 e. The van der Waals surface area contributed by atoms with Crippen LogP contribution in [-0.4, -0.2) is 62.7 Å². The molecule has 0 aromatic carbocycles. The van der Waals surface area contributed by atoms with Crippen molar-refractivity contribution in [1.29, 1.82) is 0 Å². The monoisotopic (exact) mass is 227 g/mol. The lowest BCUT2D eigenvalue weighted by Crippen LogP contribution is -2.44. The van der Waals surface area contributed by atoms with Gasteiger partial charge < -0.3 is 15.1 Å². The van der Waals surface area contributed by atoms with Crippen molar-refractivity contribution in [3.05, 3.63) is 0 Å². The molecule has 1 fully saturated rings. The van der Waals surface area contributed by atoms with Crippen molar-refractivity contribution < 1.29 is 0 Å². The van der Waals surface area contributed by atoms with Crippen LogP contribution in [0.1, 0.15) is 32.6 Å². The van der Waals surface area contributed by atoms with Gasteiger partial charge in [0, 0.05) is 26.2 Å². The highest BCUT2D eigenvalue weighted by molar-refractivity contribution is 4.67. The molecule has 1 rings (SSSR count). The van der Waals surface area contributed by atoms with E-state index in [4.69, 9.17) is 0 Å². The second-order valence-corrected chi connectivity index (χ2v) is 4.96. The largest absolute Gasteiger partial charge is 0.314 e. The van der Waals surface area contributed by atoms with Crippen LogP contribution in [0.2, 0.25) is 0 Å². The summed E-state index contributed by atoms with van der Waals surface area (Å²) < 4.78 is 0. The van der Waals surface area contributed by atoms with Gasteiger partial charge in [0.15, 0.2) is 0 Å². The molecule has 0 amide bonds. The van der Waals surface area contributed by atoms with Crippen molar-refractivity contribution in [2.45, 2.75) is 32.6 Å². The molecule has 0 aliphatic carbocycles. The second-order valence-electron chi connectivity index (χ2n) is 4.96. The Bertz CT molecular complexity index is 155. The summed E-state index contributed by atoms with van der Waals surface area (Å²) in [6.45, 7) is 10.9. The first-order valence-electron chi connectivity index (χ1n) is 6.94. The summed E-state index contributed by atoms with van der Waals surface area (Å²) >= 11 is 0. The molecule has 3 heteroatoms. The van der Waals surface area contributed by atoms with Crippen LogP contribution in [0, 0.1) is 0 Å². The molecule has 1 aliphatic rings. The first kappa shape index (κ1) is 13.9. The minimum atomic E-state index is 1.17. The molecule has 16 heavy (non-hydrogen) atoms. The Morgan fingerprint density at radius 2 is 1.75 bits per heavy atom. The Morgan fingerprint density at radius 1 is 1.06 bits per heavy atom. The lowest BCUT2D eigenvalue weighted by molar-refractivity contribution is 0.221. The highest BCUT2D eigenvalue weighted by Gasteiger charge is 2.08. The molecule has 0 unspecified atom stereocenters. The SMILES string of the molecule is CCCCCN(C)CCCN1CCNCC1. The Hall–Kier alpha value is -0.120. The van der Waals surface area contributed by atoms with E-state index in [-0.39, 0.29) is 0 Å². The van der Waals surface area contributed by atoms with Crippen LogP contribution in [0.5, 0.6) is 0 Å². The van der Waals surface area contributed by atoms with E-state index in [9.17, 15) is 0 Å². The molecule has 3 nitrogen and oxygen atoms in total. The summed E-state index contributed by atoms with van der Waals surface area (Å²) in [5.74, 6) is 0.